The third-order valence-electron chi connectivity index (χ3n) is 7.57. The van der Waals surface area contributed by atoms with Gasteiger partial charge in [-0.2, -0.15) is 0 Å². The van der Waals surface area contributed by atoms with Crippen LogP contribution in [0.25, 0.3) is 0 Å². The standard InChI is InChI=1S/C30H50O14/c1-5-29(3,41-21-23-19-39-27(33)43-23)11-13-35-15-17-37-25(31)9-7-8-10-26(32)38-18-16-36-14-12-30(4,6-2)42-22-24-20-40-28(34)44-24/h23-24H,5-22H2,1-4H3. The number of ether oxygens (including phenoxy) is 10. The summed E-state index contributed by atoms with van der Waals surface area (Å²) >= 11 is 0. The van der Waals surface area contributed by atoms with Crippen LogP contribution in [0.5, 0.6) is 0 Å². The molecule has 0 radical (unpaired) electrons. The van der Waals surface area contributed by atoms with E-state index in [1.54, 1.807) is 0 Å². The van der Waals surface area contributed by atoms with Gasteiger partial charge in [0.25, 0.3) is 0 Å². The lowest BCUT2D eigenvalue weighted by Gasteiger charge is -2.29. The number of rotatable bonds is 25. The van der Waals surface area contributed by atoms with E-state index in [1.165, 1.54) is 0 Å². The highest BCUT2D eigenvalue weighted by atomic mass is 16.8. The monoisotopic (exact) mass is 634 g/mol. The second-order valence-electron chi connectivity index (χ2n) is 11.2. The average molecular weight is 635 g/mol. The van der Waals surface area contributed by atoms with Crippen LogP contribution in [0.1, 0.15) is 79.1 Å². The van der Waals surface area contributed by atoms with Gasteiger partial charge in [0, 0.05) is 26.1 Å². The van der Waals surface area contributed by atoms with Crippen LogP contribution in [0.3, 0.4) is 0 Å². The Bertz CT molecular complexity index is 812. The Kier molecular flexibility index (Phi) is 17.4. The van der Waals surface area contributed by atoms with Crippen molar-refractivity contribution >= 4 is 24.2 Å². The van der Waals surface area contributed by atoms with E-state index in [-0.39, 0.29) is 77.6 Å². The summed E-state index contributed by atoms with van der Waals surface area (Å²) in [6, 6.07) is 0. The average Bonchev–Trinajstić information content (AvgIpc) is 3.63. The highest BCUT2D eigenvalue weighted by molar-refractivity contribution is 5.70. The minimum atomic E-state index is -0.672. The summed E-state index contributed by atoms with van der Waals surface area (Å²) < 4.78 is 52.9. The van der Waals surface area contributed by atoms with Gasteiger partial charge in [-0.25, -0.2) is 9.59 Å². The van der Waals surface area contributed by atoms with Gasteiger partial charge in [-0.05, 0) is 52.4 Å². The molecule has 0 aromatic carbocycles. The van der Waals surface area contributed by atoms with E-state index in [4.69, 9.17) is 47.4 Å². The van der Waals surface area contributed by atoms with Gasteiger partial charge >= 0.3 is 24.2 Å². The molecule has 2 rings (SSSR count). The number of hydrogen-bond donors (Lipinski definition) is 0. The fourth-order valence-corrected chi connectivity index (χ4v) is 4.08. The topological polar surface area (TPSA) is 161 Å². The van der Waals surface area contributed by atoms with Crippen LogP contribution in [0.4, 0.5) is 9.59 Å². The van der Waals surface area contributed by atoms with Crippen molar-refractivity contribution in [2.24, 2.45) is 0 Å². The lowest BCUT2D eigenvalue weighted by Crippen LogP contribution is -2.34. The van der Waals surface area contributed by atoms with Gasteiger partial charge in [-0.1, -0.05) is 13.8 Å². The van der Waals surface area contributed by atoms with Gasteiger partial charge in [0.2, 0.25) is 0 Å². The van der Waals surface area contributed by atoms with Crippen molar-refractivity contribution in [3.63, 3.8) is 0 Å². The van der Waals surface area contributed by atoms with Crippen LogP contribution in [0.15, 0.2) is 0 Å². The van der Waals surface area contributed by atoms with Crippen molar-refractivity contribution in [3.05, 3.63) is 0 Å². The number of carbonyl (C=O) groups excluding carboxylic acids is 4. The summed E-state index contributed by atoms with van der Waals surface area (Å²) in [4.78, 5) is 45.9. The Morgan fingerprint density at radius 1 is 0.682 bits per heavy atom. The van der Waals surface area contributed by atoms with Gasteiger partial charge in [0.15, 0.2) is 12.2 Å². The first-order chi connectivity index (χ1) is 21.1. The summed E-state index contributed by atoms with van der Waals surface area (Å²) in [7, 11) is 0. The van der Waals surface area contributed by atoms with E-state index >= 15 is 0 Å². The van der Waals surface area contributed by atoms with Crippen molar-refractivity contribution in [3.8, 4) is 0 Å². The van der Waals surface area contributed by atoms with Gasteiger partial charge < -0.3 is 47.4 Å². The molecule has 2 heterocycles. The van der Waals surface area contributed by atoms with E-state index < -0.39 is 35.7 Å². The number of hydrogen-bond acceptors (Lipinski definition) is 14. The zero-order valence-corrected chi connectivity index (χ0v) is 26.6. The molecule has 2 aliphatic rings. The molecule has 2 saturated heterocycles. The van der Waals surface area contributed by atoms with Crippen molar-refractivity contribution in [2.45, 2.75) is 102 Å². The molecule has 0 aromatic heterocycles. The predicted molar refractivity (Wildman–Crippen MR) is 153 cm³/mol. The molecule has 0 N–H and O–H groups in total. The summed E-state index contributed by atoms with van der Waals surface area (Å²) in [6.45, 7) is 10.5. The van der Waals surface area contributed by atoms with Crippen LogP contribution < -0.4 is 0 Å². The lowest BCUT2D eigenvalue weighted by molar-refractivity contribution is -0.147. The summed E-state index contributed by atoms with van der Waals surface area (Å²) in [5.74, 6) is -0.683. The van der Waals surface area contributed by atoms with Gasteiger partial charge in [0.05, 0.1) is 37.6 Å². The SMILES string of the molecule is CCC(C)(CCOCCOC(=O)CCCCC(=O)OCCOCCC(C)(CC)OCC1COC(=O)O1)OCC1COC(=O)O1. The molecule has 2 aliphatic heterocycles. The molecule has 0 spiro atoms. The lowest BCUT2D eigenvalue weighted by atomic mass is 9.99. The van der Waals surface area contributed by atoms with Crippen LogP contribution in [-0.2, 0) is 57.0 Å². The van der Waals surface area contributed by atoms with E-state index in [1.807, 2.05) is 27.7 Å². The van der Waals surface area contributed by atoms with Crippen molar-refractivity contribution in [1.29, 1.82) is 0 Å². The Balaban J connectivity index is 1.39. The van der Waals surface area contributed by atoms with Crippen molar-refractivity contribution < 1.29 is 66.5 Å². The highest BCUT2D eigenvalue weighted by Crippen LogP contribution is 2.23. The second-order valence-corrected chi connectivity index (χ2v) is 11.2. The summed E-state index contributed by atoms with van der Waals surface area (Å²) in [6.07, 6.45) is 2.09. The zero-order chi connectivity index (χ0) is 32.3. The minimum absolute atomic E-state index is 0.147. The molecular formula is C30H50O14. The molecule has 0 aliphatic carbocycles. The van der Waals surface area contributed by atoms with Crippen LogP contribution in [0.2, 0.25) is 0 Å². The second kappa shape index (κ2) is 20.4. The highest BCUT2D eigenvalue weighted by Gasteiger charge is 2.31. The smallest absolute Gasteiger partial charge is 0.463 e. The first-order valence-corrected chi connectivity index (χ1v) is 15.5. The maximum atomic E-state index is 11.9. The zero-order valence-electron chi connectivity index (χ0n) is 26.6. The Labute approximate surface area is 259 Å². The largest absolute Gasteiger partial charge is 0.508 e. The summed E-state index contributed by atoms with van der Waals surface area (Å²) in [5, 5.41) is 0. The maximum Gasteiger partial charge on any atom is 0.508 e. The normalized spacial score (nSPS) is 20.5. The molecule has 2 fully saturated rings. The summed E-state index contributed by atoms with van der Waals surface area (Å²) in [5.41, 5.74) is -0.864. The fourth-order valence-electron chi connectivity index (χ4n) is 4.08. The van der Waals surface area contributed by atoms with Gasteiger partial charge in [0.1, 0.15) is 26.4 Å². The number of esters is 2. The Hall–Kier alpha value is -2.68. The molecular weight excluding hydrogens is 584 g/mol. The van der Waals surface area contributed by atoms with Crippen LogP contribution in [0, 0.1) is 0 Å². The van der Waals surface area contributed by atoms with Crippen molar-refractivity contribution in [1.82, 2.24) is 0 Å². The molecule has 44 heavy (non-hydrogen) atoms. The third kappa shape index (κ3) is 15.9. The molecule has 4 unspecified atom stereocenters. The molecule has 14 heteroatoms. The molecule has 0 bridgehead atoms. The van der Waals surface area contributed by atoms with E-state index in [0.29, 0.717) is 38.9 Å². The van der Waals surface area contributed by atoms with Crippen LogP contribution in [-0.4, -0.2) is 114 Å². The quantitative estimate of drug-likeness (QED) is 0.0808. The number of cyclic esters (lactones) is 4. The Morgan fingerprint density at radius 3 is 1.43 bits per heavy atom. The first kappa shape index (κ1) is 37.5. The molecule has 0 aromatic rings. The molecule has 254 valence electrons. The molecule has 4 atom stereocenters. The third-order valence-corrected chi connectivity index (χ3v) is 7.57. The maximum absolute atomic E-state index is 11.9. The fraction of sp³-hybridized carbons (Fsp3) is 0.867. The van der Waals surface area contributed by atoms with Gasteiger partial charge in [-0.3, -0.25) is 9.59 Å². The van der Waals surface area contributed by atoms with Gasteiger partial charge in [-0.15, -0.1) is 0 Å². The molecule has 14 nitrogen and oxygen atoms in total. The molecule has 0 amide bonds. The molecule has 0 saturated carbocycles. The first-order valence-electron chi connectivity index (χ1n) is 15.5. The Morgan fingerprint density at radius 2 is 1.09 bits per heavy atom. The van der Waals surface area contributed by atoms with E-state index in [9.17, 15) is 19.2 Å². The number of carbonyl (C=O) groups is 4. The predicted octanol–water partition coefficient (Wildman–Crippen LogP) is 3.89. The minimum Gasteiger partial charge on any atom is -0.463 e. The van der Waals surface area contributed by atoms with E-state index in [0.717, 1.165) is 12.8 Å². The number of unbranched alkanes of at least 4 members (excludes halogenated alkanes) is 1. The van der Waals surface area contributed by atoms with E-state index in [2.05, 4.69) is 0 Å². The van der Waals surface area contributed by atoms with Crippen LogP contribution >= 0.6 is 0 Å². The van der Waals surface area contributed by atoms with Crippen molar-refractivity contribution in [2.75, 3.05) is 66.1 Å².